The van der Waals surface area contributed by atoms with Crippen LogP contribution < -0.4 is 9.47 Å². The van der Waals surface area contributed by atoms with E-state index in [2.05, 4.69) is 0 Å². The van der Waals surface area contributed by atoms with Crippen LogP contribution in [0, 0.1) is 0 Å². The lowest BCUT2D eigenvalue weighted by atomic mass is 10.1. The molecule has 0 amide bonds. The van der Waals surface area contributed by atoms with E-state index in [1.807, 2.05) is 6.92 Å². The zero-order chi connectivity index (χ0) is 17.3. The second kappa shape index (κ2) is 6.57. The predicted molar refractivity (Wildman–Crippen MR) is 93.3 cm³/mol. The van der Waals surface area contributed by atoms with Crippen molar-refractivity contribution in [2.75, 3.05) is 13.7 Å². The van der Waals surface area contributed by atoms with Gasteiger partial charge >= 0.3 is 0 Å². The molecule has 1 N–H and O–H groups in total. The summed E-state index contributed by atoms with van der Waals surface area (Å²) in [6.45, 7) is 2.35. The fourth-order valence-corrected chi connectivity index (χ4v) is 3.16. The molecule has 1 aliphatic carbocycles. The van der Waals surface area contributed by atoms with E-state index in [1.165, 1.54) is 7.11 Å². The number of fused-ring (bicyclic) bond motifs is 1. The number of hydrogen-bond acceptors (Lipinski definition) is 4. The van der Waals surface area contributed by atoms with Crippen molar-refractivity contribution in [3.8, 4) is 17.2 Å². The van der Waals surface area contributed by atoms with Gasteiger partial charge in [0.05, 0.1) is 18.7 Å². The molecule has 2 aromatic carbocycles. The highest BCUT2D eigenvalue weighted by molar-refractivity contribution is 6.32. The van der Waals surface area contributed by atoms with Crippen molar-refractivity contribution in [2.45, 2.75) is 13.3 Å². The van der Waals surface area contributed by atoms with E-state index >= 15 is 0 Å². The molecule has 4 nitrogen and oxygen atoms in total. The highest BCUT2D eigenvalue weighted by Gasteiger charge is 2.27. The first kappa shape index (κ1) is 16.4. The first-order valence-corrected chi connectivity index (χ1v) is 7.99. The summed E-state index contributed by atoms with van der Waals surface area (Å²) in [5.41, 5.74) is 2.57. The number of ether oxygens (including phenoxy) is 2. The highest BCUT2D eigenvalue weighted by Crippen LogP contribution is 2.38. The molecular formula is C19H17ClO4. The van der Waals surface area contributed by atoms with Gasteiger partial charge in [-0.1, -0.05) is 23.7 Å². The first-order chi connectivity index (χ1) is 11.5. The number of allylic oxidation sites excluding steroid dienone is 1. The summed E-state index contributed by atoms with van der Waals surface area (Å²) in [7, 11) is 1.53. The molecule has 0 radical (unpaired) electrons. The van der Waals surface area contributed by atoms with E-state index in [0.717, 1.165) is 5.56 Å². The Morgan fingerprint density at radius 1 is 1.33 bits per heavy atom. The number of ketones is 1. The van der Waals surface area contributed by atoms with E-state index in [1.54, 1.807) is 36.4 Å². The molecule has 2 aromatic rings. The SMILES string of the molecule is CCOc1cc(/C=C2\Cc3c(O)cccc3C2=O)cc(Cl)c1OC. The number of carbonyl (C=O) groups excluding carboxylic acids is 1. The van der Waals surface area contributed by atoms with E-state index in [0.29, 0.717) is 46.2 Å². The second-order valence-electron chi connectivity index (χ2n) is 5.45. The number of aromatic hydroxyl groups is 1. The summed E-state index contributed by atoms with van der Waals surface area (Å²) in [6.07, 6.45) is 2.17. The zero-order valence-corrected chi connectivity index (χ0v) is 14.2. The Labute approximate surface area is 145 Å². The van der Waals surface area contributed by atoms with Crippen LogP contribution in [0.2, 0.25) is 5.02 Å². The molecule has 0 atom stereocenters. The van der Waals surface area contributed by atoms with E-state index in [4.69, 9.17) is 21.1 Å². The lowest BCUT2D eigenvalue weighted by Crippen LogP contribution is -1.98. The molecule has 24 heavy (non-hydrogen) atoms. The van der Waals surface area contributed by atoms with Crippen LogP contribution in [0.4, 0.5) is 0 Å². The largest absolute Gasteiger partial charge is 0.508 e. The Bertz CT molecular complexity index is 840. The average molecular weight is 345 g/mol. The minimum absolute atomic E-state index is 0.0780. The fourth-order valence-electron chi connectivity index (χ4n) is 2.87. The lowest BCUT2D eigenvalue weighted by molar-refractivity contribution is 0.104. The highest BCUT2D eigenvalue weighted by atomic mass is 35.5. The standard InChI is InChI=1S/C19H17ClO4/c1-3-24-17-9-11(8-15(20)19(17)23-2)7-12-10-14-13(18(12)22)5-4-6-16(14)21/h4-9,21H,3,10H2,1-2H3/b12-7+. The molecule has 0 saturated carbocycles. The molecule has 0 saturated heterocycles. The van der Waals surface area contributed by atoms with Crippen molar-refractivity contribution in [1.82, 2.24) is 0 Å². The third kappa shape index (κ3) is 2.85. The number of phenols is 1. The molecule has 0 heterocycles. The van der Waals surface area contributed by atoms with Crippen LogP contribution in [0.1, 0.15) is 28.4 Å². The summed E-state index contributed by atoms with van der Waals surface area (Å²) < 4.78 is 10.8. The number of halogens is 1. The molecule has 3 rings (SSSR count). The van der Waals surface area contributed by atoms with Crippen molar-refractivity contribution in [3.63, 3.8) is 0 Å². The summed E-state index contributed by atoms with van der Waals surface area (Å²) in [4.78, 5) is 12.5. The van der Waals surface area contributed by atoms with Gasteiger partial charge in [-0.25, -0.2) is 0 Å². The third-order valence-electron chi connectivity index (χ3n) is 3.93. The summed E-state index contributed by atoms with van der Waals surface area (Å²) in [6, 6.07) is 8.51. The summed E-state index contributed by atoms with van der Waals surface area (Å²) in [5, 5.41) is 10.3. The van der Waals surface area contributed by atoms with Gasteiger partial charge in [-0.2, -0.15) is 0 Å². The number of hydrogen-bond donors (Lipinski definition) is 1. The molecule has 0 fully saturated rings. The maximum absolute atomic E-state index is 12.5. The number of carbonyl (C=O) groups is 1. The van der Waals surface area contributed by atoms with E-state index in [9.17, 15) is 9.90 Å². The van der Waals surface area contributed by atoms with Gasteiger partial charge in [-0.3, -0.25) is 4.79 Å². The van der Waals surface area contributed by atoms with Crippen molar-refractivity contribution in [1.29, 1.82) is 0 Å². The van der Waals surface area contributed by atoms with E-state index < -0.39 is 0 Å². The molecule has 5 heteroatoms. The lowest BCUT2D eigenvalue weighted by Gasteiger charge is -2.12. The van der Waals surface area contributed by atoms with Crippen LogP contribution in [-0.4, -0.2) is 24.6 Å². The number of Topliss-reactive ketones (excluding diaryl/α,β-unsaturated/α-hetero) is 1. The van der Waals surface area contributed by atoms with Crippen molar-refractivity contribution >= 4 is 23.5 Å². The minimum atomic E-state index is -0.0780. The second-order valence-corrected chi connectivity index (χ2v) is 5.85. The Hall–Kier alpha value is -2.46. The van der Waals surface area contributed by atoms with Gasteiger partial charge in [0.25, 0.3) is 0 Å². The van der Waals surface area contributed by atoms with Gasteiger partial charge < -0.3 is 14.6 Å². The van der Waals surface area contributed by atoms with Crippen molar-refractivity contribution < 1.29 is 19.4 Å². The number of methoxy groups -OCH3 is 1. The van der Waals surface area contributed by atoms with Gasteiger partial charge in [0.15, 0.2) is 17.3 Å². The first-order valence-electron chi connectivity index (χ1n) is 7.61. The zero-order valence-electron chi connectivity index (χ0n) is 13.4. The van der Waals surface area contributed by atoms with Gasteiger partial charge in [0.1, 0.15) is 5.75 Å². The molecular weight excluding hydrogens is 328 g/mol. The van der Waals surface area contributed by atoms with Crippen LogP contribution >= 0.6 is 11.6 Å². The Morgan fingerprint density at radius 3 is 2.79 bits per heavy atom. The number of rotatable bonds is 4. The maximum Gasteiger partial charge on any atom is 0.189 e. The van der Waals surface area contributed by atoms with Gasteiger partial charge in [0, 0.05) is 23.1 Å². The molecule has 0 aliphatic heterocycles. The molecule has 0 bridgehead atoms. The summed E-state index contributed by atoms with van der Waals surface area (Å²) >= 11 is 6.25. The molecule has 1 aliphatic rings. The van der Waals surface area contributed by atoms with Crippen molar-refractivity contribution in [3.05, 3.63) is 57.6 Å². The monoisotopic (exact) mass is 344 g/mol. The van der Waals surface area contributed by atoms with Gasteiger partial charge in [-0.15, -0.1) is 0 Å². The predicted octanol–water partition coefficient (Wildman–Crippen LogP) is 4.28. The molecule has 0 unspecified atom stereocenters. The van der Waals surface area contributed by atoms with Gasteiger partial charge in [-0.05, 0) is 36.8 Å². The van der Waals surface area contributed by atoms with Crippen LogP contribution in [0.25, 0.3) is 6.08 Å². The quantitative estimate of drug-likeness (QED) is 0.841. The van der Waals surface area contributed by atoms with Crippen molar-refractivity contribution in [2.24, 2.45) is 0 Å². The van der Waals surface area contributed by atoms with Crippen LogP contribution in [0.5, 0.6) is 17.2 Å². The minimum Gasteiger partial charge on any atom is -0.508 e. The molecule has 124 valence electrons. The number of benzene rings is 2. The van der Waals surface area contributed by atoms with Crippen LogP contribution in [-0.2, 0) is 6.42 Å². The topological polar surface area (TPSA) is 55.8 Å². The van der Waals surface area contributed by atoms with Gasteiger partial charge in [0.2, 0.25) is 0 Å². The average Bonchev–Trinajstić information content (AvgIpc) is 2.86. The third-order valence-corrected chi connectivity index (χ3v) is 4.21. The fraction of sp³-hybridized carbons (Fsp3) is 0.211. The molecule has 0 spiro atoms. The van der Waals surface area contributed by atoms with E-state index in [-0.39, 0.29) is 11.5 Å². The number of phenolic OH excluding ortho intramolecular Hbond substituents is 1. The maximum atomic E-state index is 12.5. The van der Waals surface area contributed by atoms with Crippen LogP contribution in [0.3, 0.4) is 0 Å². The smallest absolute Gasteiger partial charge is 0.189 e. The normalized spacial score (nSPS) is 14.8. The summed E-state index contributed by atoms with van der Waals surface area (Å²) in [5.74, 6) is 1.07. The Morgan fingerprint density at radius 2 is 2.12 bits per heavy atom. The molecule has 0 aromatic heterocycles. The van der Waals surface area contributed by atoms with Crippen LogP contribution in [0.15, 0.2) is 35.9 Å². The Kier molecular flexibility index (Phi) is 4.49. The Balaban J connectivity index is 2.01.